The quantitative estimate of drug-likeness (QED) is 0.0165. The highest BCUT2D eigenvalue weighted by Gasteiger charge is 2.46. The number of phosphoric acid groups is 2. The first-order chi connectivity index (χ1) is 31.8. The molecule has 1 aliphatic rings. The van der Waals surface area contributed by atoms with Crippen molar-refractivity contribution in [3.63, 3.8) is 0 Å². The first-order valence-electron chi connectivity index (χ1n) is 23.2. The third-order valence-corrected chi connectivity index (χ3v) is 12.9. The third kappa shape index (κ3) is 27.4. The van der Waals surface area contributed by atoms with Crippen LogP contribution in [0.1, 0.15) is 136 Å². The Morgan fingerprint density at radius 1 is 0.806 bits per heavy atom. The van der Waals surface area contributed by atoms with Crippen molar-refractivity contribution in [2.24, 2.45) is 5.92 Å². The average molecular weight is 992 g/mol. The van der Waals surface area contributed by atoms with Crippen molar-refractivity contribution >= 4 is 33.4 Å². The van der Waals surface area contributed by atoms with E-state index in [-0.39, 0.29) is 31.5 Å². The Kier molecular flexibility index (Phi) is 29.6. The van der Waals surface area contributed by atoms with Gasteiger partial charge in [0, 0.05) is 19.0 Å². The molecule has 382 valence electrons. The molecule has 0 spiro atoms. The Balaban J connectivity index is 1.88. The van der Waals surface area contributed by atoms with E-state index < -0.39 is 95.9 Å². The van der Waals surface area contributed by atoms with Gasteiger partial charge in [0.25, 0.3) is 0 Å². The molecule has 0 amide bonds. The molecule has 2 heterocycles. The number of aliphatic hydroxyl groups excluding tert-OH is 4. The molecule has 1 aromatic rings. The summed E-state index contributed by atoms with van der Waals surface area (Å²) >= 11 is 0. The molecule has 1 aromatic heterocycles. The van der Waals surface area contributed by atoms with Gasteiger partial charge in [-0.05, 0) is 44.1 Å². The number of ether oxygens (including phenoxy) is 3. The lowest BCUT2D eigenvalue weighted by atomic mass is 10.0. The number of esters is 2. The monoisotopic (exact) mass is 991 g/mol. The summed E-state index contributed by atoms with van der Waals surface area (Å²) in [5.74, 6) is -0.877. The Bertz CT molecular complexity index is 1860. The van der Waals surface area contributed by atoms with E-state index in [1.54, 1.807) is 24.3 Å². The first kappa shape index (κ1) is 59.8. The van der Waals surface area contributed by atoms with Crippen LogP contribution in [0.3, 0.4) is 0 Å². The number of hydrogen-bond donors (Lipinski definition) is 7. The number of nitrogens with zero attached hydrogens (tertiary/aromatic N) is 2. The molecule has 20 nitrogen and oxygen atoms in total. The predicted octanol–water partition coefficient (Wildman–Crippen LogP) is 6.40. The van der Waals surface area contributed by atoms with E-state index in [4.69, 9.17) is 29.0 Å². The molecule has 8 N–H and O–H groups in total. The molecule has 22 heteroatoms. The number of phosphoric ester groups is 2. The summed E-state index contributed by atoms with van der Waals surface area (Å²) in [5, 5.41) is 41.1. The molecule has 0 aromatic carbocycles. The number of carbonyl (C=O) groups is 2. The third-order valence-electron chi connectivity index (χ3n) is 10.3. The molecule has 0 saturated carbocycles. The van der Waals surface area contributed by atoms with Crippen molar-refractivity contribution in [1.29, 1.82) is 0 Å². The van der Waals surface area contributed by atoms with Crippen LogP contribution in [0.5, 0.6) is 0 Å². The second-order valence-electron chi connectivity index (χ2n) is 16.8. The molecule has 9 atom stereocenters. The number of aliphatic hydroxyl groups is 4. The summed E-state index contributed by atoms with van der Waals surface area (Å²) in [6.45, 7) is 4.00. The summed E-state index contributed by atoms with van der Waals surface area (Å²) in [4.78, 5) is 61.6. The maximum Gasteiger partial charge on any atom is 0.481 e. The van der Waals surface area contributed by atoms with E-state index in [2.05, 4.69) is 30.1 Å². The van der Waals surface area contributed by atoms with Gasteiger partial charge in [0.05, 0.1) is 25.4 Å². The van der Waals surface area contributed by atoms with Crippen LogP contribution < -0.4 is 11.4 Å². The number of carbonyl (C=O) groups excluding carboxylic acids is 2. The Hall–Kier alpha value is -3.36. The van der Waals surface area contributed by atoms with E-state index in [1.165, 1.54) is 18.9 Å². The minimum absolute atomic E-state index is 0.00220. The van der Waals surface area contributed by atoms with Crippen molar-refractivity contribution in [2.75, 3.05) is 25.6 Å². The lowest BCUT2D eigenvalue weighted by molar-refractivity contribution is -0.161. The maximum absolute atomic E-state index is 12.8. The van der Waals surface area contributed by atoms with Crippen molar-refractivity contribution in [1.82, 2.24) is 9.55 Å². The Labute approximate surface area is 394 Å². The van der Waals surface area contributed by atoms with Crippen LogP contribution in [0.25, 0.3) is 0 Å². The van der Waals surface area contributed by atoms with Crippen LogP contribution in [-0.4, -0.2) is 108 Å². The number of unbranched alkanes of at least 4 members (excludes halogenated alkanes) is 8. The summed E-state index contributed by atoms with van der Waals surface area (Å²) in [5.41, 5.74) is 4.55. The van der Waals surface area contributed by atoms with Gasteiger partial charge >= 0.3 is 33.3 Å². The number of hydrogen-bond acceptors (Lipinski definition) is 17. The summed E-state index contributed by atoms with van der Waals surface area (Å²) in [6, 6.07) is 1.23. The zero-order valence-electron chi connectivity index (χ0n) is 39.1. The van der Waals surface area contributed by atoms with E-state index in [9.17, 15) is 53.7 Å². The second kappa shape index (κ2) is 33.2. The summed E-state index contributed by atoms with van der Waals surface area (Å²) < 4.78 is 56.3. The van der Waals surface area contributed by atoms with Gasteiger partial charge in [-0.1, -0.05) is 134 Å². The predicted molar refractivity (Wildman–Crippen MR) is 250 cm³/mol. The molecule has 0 bridgehead atoms. The van der Waals surface area contributed by atoms with Crippen molar-refractivity contribution in [3.8, 4) is 0 Å². The highest BCUT2D eigenvalue weighted by atomic mass is 31.3. The van der Waals surface area contributed by atoms with E-state index in [0.717, 1.165) is 68.6 Å². The zero-order chi connectivity index (χ0) is 49.7. The molecule has 2 unspecified atom stereocenters. The molecule has 1 fully saturated rings. The standard InChI is InChI=1S/C45H75N3O17P2/c1-4-5-16-23-35(49)24-18-13-9-7-10-14-19-25-36(50)26-21-28-40(51)60-31-37(63-41(52)27-20-15-11-6-8-12-17-22-34(2)3)32-61-66(56,57)65-67(58,59)62-33-38-42(53)43(54)44(64-38)48-30-29-39(46)47-45(48)55/h9-10,13-14,18-19,24-25,29-30,34-38,42-44,49-50,53-54H,4-8,11-12,15-17,20-23,26-28,31-33H2,1-3H3,(H,56,57)(H,58,59)(H2,46,47,55)/b13-9-,14-10-,24-18+,25-19+/t35-,36-,37+,38+,42+,43+,44+/m0/s1. The van der Waals surface area contributed by atoms with Crippen molar-refractivity contribution in [3.05, 3.63) is 71.4 Å². The van der Waals surface area contributed by atoms with Crippen LogP contribution in [0, 0.1) is 5.92 Å². The van der Waals surface area contributed by atoms with E-state index in [1.807, 2.05) is 24.3 Å². The fourth-order valence-electron chi connectivity index (χ4n) is 6.59. The van der Waals surface area contributed by atoms with E-state index in [0.29, 0.717) is 18.8 Å². The Morgan fingerprint density at radius 2 is 1.39 bits per heavy atom. The number of allylic oxidation sites excluding steroid dienone is 6. The van der Waals surface area contributed by atoms with Gasteiger partial charge in [-0.25, -0.2) is 13.9 Å². The number of rotatable bonds is 36. The SMILES string of the molecule is CCCCC[C@H](O)/C=C/C=C\C/C=C\C=C\[C@H](O)CCCC(=O)OC[C@H](COP(=O)(O)OP(=O)(O)OC[C@H]1O[C@@H](n2ccc(N)nc2=O)[C@H](O)[C@@H]1O)OC(=O)CCCCCCCCCC(C)C. The smallest absolute Gasteiger partial charge is 0.462 e. The van der Waals surface area contributed by atoms with Crippen LogP contribution >= 0.6 is 15.6 Å². The summed E-state index contributed by atoms with van der Waals surface area (Å²) in [7, 11) is -10.9. The largest absolute Gasteiger partial charge is 0.481 e. The van der Waals surface area contributed by atoms with Gasteiger partial charge in [0.2, 0.25) is 0 Å². The first-order valence-corrected chi connectivity index (χ1v) is 26.2. The molecule has 67 heavy (non-hydrogen) atoms. The van der Waals surface area contributed by atoms with Crippen LogP contribution in [0.15, 0.2) is 65.7 Å². The van der Waals surface area contributed by atoms with Gasteiger partial charge in [-0.3, -0.25) is 23.2 Å². The lowest BCUT2D eigenvalue weighted by Gasteiger charge is -2.21. The molecule has 2 rings (SSSR count). The van der Waals surface area contributed by atoms with Gasteiger partial charge < -0.3 is 50.2 Å². The fourth-order valence-corrected chi connectivity index (χ4v) is 8.70. The summed E-state index contributed by atoms with van der Waals surface area (Å²) in [6.07, 6.45) is 18.9. The van der Waals surface area contributed by atoms with Crippen molar-refractivity contribution < 1.29 is 76.5 Å². The molecular formula is C45H75N3O17P2. The molecule has 0 aliphatic carbocycles. The number of nitrogens with two attached hydrogens (primary N) is 1. The number of anilines is 1. The molecule has 0 radical (unpaired) electrons. The van der Waals surface area contributed by atoms with Crippen molar-refractivity contribution in [2.45, 2.75) is 173 Å². The average Bonchev–Trinajstić information content (AvgIpc) is 3.53. The topological polar surface area (TPSA) is 306 Å². The van der Waals surface area contributed by atoms with Crippen LogP contribution in [-0.2, 0) is 46.3 Å². The molecule has 1 aliphatic heterocycles. The number of nitrogen functional groups attached to an aromatic ring is 1. The van der Waals surface area contributed by atoms with Gasteiger partial charge in [0.1, 0.15) is 30.7 Å². The Morgan fingerprint density at radius 3 is 2.01 bits per heavy atom. The van der Waals surface area contributed by atoms with Gasteiger partial charge in [-0.2, -0.15) is 9.29 Å². The van der Waals surface area contributed by atoms with E-state index >= 15 is 0 Å². The lowest BCUT2D eigenvalue weighted by Crippen LogP contribution is -2.36. The maximum atomic E-state index is 12.8. The highest BCUT2D eigenvalue weighted by Crippen LogP contribution is 2.60. The highest BCUT2D eigenvalue weighted by molar-refractivity contribution is 7.61. The van der Waals surface area contributed by atoms with Crippen LogP contribution in [0.4, 0.5) is 5.82 Å². The molecule has 1 saturated heterocycles. The normalized spacial score (nSPS) is 21.0. The fraction of sp³-hybridized carbons (Fsp3) is 0.689. The second-order valence-corrected chi connectivity index (χ2v) is 19.8. The minimum Gasteiger partial charge on any atom is -0.462 e. The minimum atomic E-state index is -5.47. The number of aromatic nitrogens is 2. The molecular weight excluding hydrogens is 916 g/mol. The van der Waals surface area contributed by atoms with Crippen LogP contribution in [0.2, 0.25) is 0 Å². The van der Waals surface area contributed by atoms with Gasteiger partial charge in [0.15, 0.2) is 12.3 Å². The zero-order valence-corrected chi connectivity index (χ0v) is 40.9. The van der Waals surface area contributed by atoms with Gasteiger partial charge in [-0.15, -0.1) is 0 Å².